The number of esters is 1. The maximum atomic E-state index is 12.0. The maximum Gasteiger partial charge on any atom is 0.335 e. The minimum Gasteiger partial charge on any atom is -0.497 e. The van der Waals surface area contributed by atoms with Gasteiger partial charge in [-0.25, -0.2) is 4.79 Å². The van der Waals surface area contributed by atoms with Crippen LogP contribution in [0.15, 0.2) is 48.5 Å². The molecule has 2 aromatic carbocycles. The highest BCUT2D eigenvalue weighted by atomic mass is 16.6. The molecule has 0 spiro atoms. The monoisotopic (exact) mass is 388 g/mol. The van der Waals surface area contributed by atoms with Crippen LogP contribution in [0.5, 0.6) is 11.5 Å². The van der Waals surface area contributed by atoms with Crippen molar-refractivity contribution in [3.05, 3.63) is 59.7 Å². The molecule has 6 heteroatoms. The van der Waals surface area contributed by atoms with E-state index in [1.807, 2.05) is 49.4 Å². The number of rotatable bonds is 11. The zero-order chi connectivity index (χ0) is 20.4. The molecule has 0 aliphatic heterocycles. The van der Waals surface area contributed by atoms with Crippen molar-refractivity contribution in [3.8, 4) is 11.5 Å². The summed E-state index contributed by atoms with van der Waals surface area (Å²) in [7, 11) is 1.58. The van der Waals surface area contributed by atoms with E-state index in [9.17, 15) is 9.90 Å². The summed E-state index contributed by atoms with van der Waals surface area (Å²) in [4.78, 5) is 12.0. The highest BCUT2D eigenvalue weighted by molar-refractivity contribution is 5.75. The third-order valence-electron chi connectivity index (χ3n) is 4.15. The summed E-state index contributed by atoms with van der Waals surface area (Å²) in [6, 6.07) is 14.6. The topological polar surface area (TPSA) is 74.2 Å². The van der Waals surface area contributed by atoms with E-state index in [0.717, 1.165) is 11.1 Å². The first-order valence-electron chi connectivity index (χ1n) is 9.39. The van der Waals surface area contributed by atoms with Gasteiger partial charge in [-0.15, -0.1) is 0 Å². The summed E-state index contributed by atoms with van der Waals surface area (Å²) < 4.78 is 21.4. The molecule has 2 rings (SSSR count). The average molecular weight is 388 g/mol. The van der Waals surface area contributed by atoms with Gasteiger partial charge in [-0.05, 0) is 49.2 Å². The fraction of sp³-hybridized carbons (Fsp3) is 0.409. The highest BCUT2D eigenvalue weighted by Crippen LogP contribution is 2.21. The SMILES string of the molecule is CCOC(=O)[C@@H](Cc1ccc(OC[C@@H](O)c2cccc(OC)c2)cc1)OCC. The van der Waals surface area contributed by atoms with E-state index in [1.54, 1.807) is 20.1 Å². The smallest absolute Gasteiger partial charge is 0.335 e. The quantitative estimate of drug-likeness (QED) is 0.595. The van der Waals surface area contributed by atoms with Crippen LogP contribution in [0.3, 0.4) is 0 Å². The molecule has 0 aliphatic carbocycles. The second-order valence-corrected chi connectivity index (χ2v) is 6.15. The number of methoxy groups -OCH3 is 1. The fourth-order valence-electron chi connectivity index (χ4n) is 2.70. The van der Waals surface area contributed by atoms with E-state index in [-0.39, 0.29) is 12.6 Å². The number of ether oxygens (including phenoxy) is 4. The predicted octanol–water partition coefficient (Wildman–Crippen LogP) is 3.32. The molecular formula is C22H28O6. The Morgan fingerprint density at radius 3 is 2.43 bits per heavy atom. The first-order chi connectivity index (χ1) is 13.6. The summed E-state index contributed by atoms with van der Waals surface area (Å²) in [5, 5.41) is 10.3. The van der Waals surface area contributed by atoms with Crippen LogP contribution < -0.4 is 9.47 Å². The van der Waals surface area contributed by atoms with E-state index in [4.69, 9.17) is 18.9 Å². The van der Waals surface area contributed by atoms with E-state index < -0.39 is 12.2 Å². The van der Waals surface area contributed by atoms with Gasteiger partial charge in [0, 0.05) is 13.0 Å². The summed E-state index contributed by atoms with van der Waals surface area (Å²) in [6.45, 7) is 4.50. The van der Waals surface area contributed by atoms with Crippen molar-refractivity contribution in [1.29, 1.82) is 0 Å². The van der Waals surface area contributed by atoms with Gasteiger partial charge in [0.1, 0.15) is 24.2 Å². The number of benzene rings is 2. The van der Waals surface area contributed by atoms with Crippen molar-refractivity contribution in [2.24, 2.45) is 0 Å². The van der Waals surface area contributed by atoms with Crippen molar-refractivity contribution in [1.82, 2.24) is 0 Å². The number of aliphatic hydroxyl groups is 1. The molecule has 0 heterocycles. The number of carbonyl (C=O) groups is 1. The third kappa shape index (κ3) is 6.55. The Labute approximate surface area is 166 Å². The summed E-state index contributed by atoms with van der Waals surface area (Å²) in [5.41, 5.74) is 1.66. The number of carbonyl (C=O) groups excluding carboxylic acids is 1. The van der Waals surface area contributed by atoms with Gasteiger partial charge >= 0.3 is 5.97 Å². The van der Waals surface area contributed by atoms with E-state index >= 15 is 0 Å². The normalized spacial score (nSPS) is 12.9. The second-order valence-electron chi connectivity index (χ2n) is 6.15. The second kappa shape index (κ2) is 11.3. The lowest BCUT2D eigenvalue weighted by Gasteiger charge is -2.16. The molecule has 0 bridgehead atoms. The molecule has 0 aliphatic rings. The van der Waals surface area contributed by atoms with Crippen molar-refractivity contribution in [2.75, 3.05) is 26.9 Å². The van der Waals surface area contributed by atoms with E-state index in [0.29, 0.717) is 31.1 Å². The van der Waals surface area contributed by atoms with Gasteiger partial charge in [0.2, 0.25) is 0 Å². The van der Waals surface area contributed by atoms with Gasteiger partial charge in [-0.2, -0.15) is 0 Å². The summed E-state index contributed by atoms with van der Waals surface area (Å²) in [5.74, 6) is 0.965. The Balaban J connectivity index is 1.91. The van der Waals surface area contributed by atoms with E-state index in [2.05, 4.69) is 0 Å². The molecule has 28 heavy (non-hydrogen) atoms. The van der Waals surface area contributed by atoms with Gasteiger partial charge in [0.25, 0.3) is 0 Å². The van der Waals surface area contributed by atoms with Crippen molar-refractivity contribution < 1.29 is 28.8 Å². The van der Waals surface area contributed by atoms with Crippen LogP contribution in [0.2, 0.25) is 0 Å². The lowest BCUT2D eigenvalue weighted by Crippen LogP contribution is -2.28. The lowest BCUT2D eigenvalue weighted by atomic mass is 10.1. The maximum absolute atomic E-state index is 12.0. The highest BCUT2D eigenvalue weighted by Gasteiger charge is 2.20. The third-order valence-corrected chi connectivity index (χ3v) is 4.15. The molecule has 0 fully saturated rings. The number of aliphatic hydroxyl groups excluding tert-OH is 1. The molecule has 0 saturated heterocycles. The zero-order valence-corrected chi connectivity index (χ0v) is 16.6. The van der Waals surface area contributed by atoms with Crippen LogP contribution in [0.25, 0.3) is 0 Å². The molecule has 0 amide bonds. The van der Waals surface area contributed by atoms with Gasteiger partial charge in [-0.3, -0.25) is 0 Å². The zero-order valence-electron chi connectivity index (χ0n) is 16.6. The van der Waals surface area contributed by atoms with Crippen LogP contribution in [0.4, 0.5) is 0 Å². The summed E-state index contributed by atoms with van der Waals surface area (Å²) in [6.07, 6.45) is -0.952. The number of hydrogen-bond acceptors (Lipinski definition) is 6. The molecule has 0 radical (unpaired) electrons. The molecule has 2 aromatic rings. The van der Waals surface area contributed by atoms with Gasteiger partial charge in [-0.1, -0.05) is 24.3 Å². The van der Waals surface area contributed by atoms with Crippen molar-refractivity contribution in [3.63, 3.8) is 0 Å². The van der Waals surface area contributed by atoms with Crippen LogP contribution in [0, 0.1) is 0 Å². The van der Waals surface area contributed by atoms with E-state index in [1.165, 1.54) is 0 Å². The standard InChI is InChI=1S/C22H28O6/c1-4-26-21(22(24)27-5-2)13-16-9-11-18(12-10-16)28-15-20(23)17-7-6-8-19(14-17)25-3/h6-12,14,20-21,23H,4-5,13,15H2,1-3H3/t20-,21-/m1/s1. The van der Waals surface area contributed by atoms with Crippen molar-refractivity contribution >= 4 is 5.97 Å². The Kier molecular flexibility index (Phi) is 8.78. The first kappa shape index (κ1) is 21.7. The molecule has 0 saturated carbocycles. The predicted molar refractivity (Wildman–Crippen MR) is 106 cm³/mol. The Bertz CT molecular complexity index is 728. The van der Waals surface area contributed by atoms with Crippen LogP contribution in [0.1, 0.15) is 31.1 Å². The largest absolute Gasteiger partial charge is 0.497 e. The Morgan fingerprint density at radius 2 is 1.79 bits per heavy atom. The minimum absolute atomic E-state index is 0.122. The summed E-state index contributed by atoms with van der Waals surface area (Å²) >= 11 is 0. The molecule has 152 valence electrons. The van der Waals surface area contributed by atoms with Crippen LogP contribution in [-0.2, 0) is 20.7 Å². The van der Waals surface area contributed by atoms with Gasteiger partial charge < -0.3 is 24.1 Å². The van der Waals surface area contributed by atoms with Crippen molar-refractivity contribution in [2.45, 2.75) is 32.5 Å². The molecule has 6 nitrogen and oxygen atoms in total. The molecule has 1 N–H and O–H groups in total. The fourth-order valence-corrected chi connectivity index (χ4v) is 2.70. The van der Waals surface area contributed by atoms with Gasteiger partial charge in [0.15, 0.2) is 6.10 Å². The van der Waals surface area contributed by atoms with Crippen LogP contribution >= 0.6 is 0 Å². The molecule has 2 atom stereocenters. The average Bonchev–Trinajstić information content (AvgIpc) is 2.72. The minimum atomic E-state index is -0.763. The first-order valence-corrected chi connectivity index (χ1v) is 9.39. The molecule has 0 unspecified atom stereocenters. The van der Waals surface area contributed by atoms with Gasteiger partial charge in [0.05, 0.1) is 13.7 Å². The molecule has 0 aromatic heterocycles. The van der Waals surface area contributed by atoms with Crippen LogP contribution in [-0.4, -0.2) is 44.1 Å². The Morgan fingerprint density at radius 1 is 1.04 bits per heavy atom. The molecular weight excluding hydrogens is 360 g/mol. The Hall–Kier alpha value is -2.57. The lowest BCUT2D eigenvalue weighted by molar-refractivity contribution is -0.156. The number of hydrogen-bond donors (Lipinski definition) is 1.